The summed E-state index contributed by atoms with van der Waals surface area (Å²) in [6.07, 6.45) is 1.52. The molecule has 2 aromatic rings. The van der Waals surface area contributed by atoms with E-state index in [1.807, 2.05) is 12.1 Å². The molecule has 0 bridgehead atoms. The molecular formula is C21H20N4O5. The predicted octanol–water partition coefficient (Wildman–Crippen LogP) is 1.95. The van der Waals surface area contributed by atoms with Gasteiger partial charge in [0.2, 0.25) is 0 Å². The quantitative estimate of drug-likeness (QED) is 0.593. The van der Waals surface area contributed by atoms with Gasteiger partial charge in [-0.2, -0.15) is 10.5 Å². The number of benzene rings is 1. The average molecular weight is 408 g/mol. The van der Waals surface area contributed by atoms with Gasteiger partial charge in [0.25, 0.3) is 11.8 Å². The summed E-state index contributed by atoms with van der Waals surface area (Å²) in [5.74, 6) is -1.94. The van der Waals surface area contributed by atoms with Gasteiger partial charge in [0.15, 0.2) is 18.4 Å². The third kappa shape index (κ3) is 6.50. The summed E-state index contributed by atoms with van der Waals surface area (Å²) in [6, 6.07) is 14.1. The molecule has 0 aliphatic heterocycles. The first kappa shape index (κ1) is 22.2. The predicted molar refractivity (Wildman–Crippen MR) is 103 cm³/mol. The van der Waals surface area contributed by atoms with E-state index in [4.69, 9.17) is 19.7 Å². The fourth-order valence-corrected chi connectivity index (χ4v) is 2.57. The van der Waals surface area contributed by atoms with Crippen LogP contribution in [0.25, 0.3) is 0 Å². The van der Waals surface area contributed by atoms with Gasteiger partial charge in [-0.15, -0.1) is 0 Å². The summed E-state index contributed by atoms with van der Waals surface area (Å²) in [5.41, 5.74) is 0.473. The molecule has 1 N–H and O–H groups in total. The van der Waals surface area contributed by atoms with Crippen LogP contribution in [0.5, 0.6) is 0 Å². The molecular weight excluding hydrogens is 388 g/mol. The number of furan rings is 1. The Kier molecular flexibility index (Phi) is 8.63. The van der Waals surface area contributed by atoms with Crippen LogP contribution in [0.2, 0.25) is 0 Å². The maximum atomic E-state index is 12.7. The number of nitrogens with zero attached hydrogens (tertiary/aromatic N) is 3. The molecule has 2 amide bonds. The molecule has 1 heterocycles. The summed E-state index contributed by atoms with van der Waals surface area (Å²) in [5, 5.41) is 20.0. The highest BCUT2D eigenvalue weighted by Crippen LogP contribution is 2.16. The van der Waals surface area contributed by atoms with Crippen LogP contribution in [0.15, 0.2) is 53.1 Å². The van der Waals surface area contributed by atoms with Crippen molar-refractivity contribution in [3.05, 3.63) is 60.1 Å². The highest BCUT2D eigenvalue weighted by molar-refractivity contribution is 5.95. The molecule has 0 saturated carbocycles. The molecule has 0 aliphatic rings. The summed E-state index contributed by atoms with van der Waals surface area (Å²) in [6.45, 7) is -0.312. The summed E-state index contributed by atoms with van der Waals surface area (Å²) in [4.78, 5) is 38.6. The minimum atomic E-state index is -1.15. The van der Waals surface area contributed by atoms with E-state index in [2.05, 4.69) is 5.32 Å². The minimum absolute atomic E-state index is 0.0268. The number of amides is 2. The number of hydrogen-bond donors (Lipinski definition) is 1. The van der Waals surface area contributed by atoms with Crippen LogP contribution in [0.3, 0.4) is 0 Å². The molecule has 154 valence electrons. The van der Waals surface area contributed by atoms with E-state index in [-0.39, 0.29) is 31.7 Å². The molecule has 0 radical (unpaired) electrons. The normalized spacial score (nSPS) is 10.9. The van der Waals surface area contributed by atoms with Crippen LogP contribution < -0.4 is 5.32 Å². The van der Waals surface area contributed by atoms with Gasteiger partial charge < -0.3 is 19.4 Å². The van der Waals surface area contributed by atoms with Gasteiger partial charge in [-0.05, 0) is 17.7 Å². The van der Waals surface area contributed by atoms with Crippen molar-refractivity contribution in [1.29, 1.82) is 10.5 Å². The van der Waals surface area contributed by atoms with Gasteiger partial charge in [-0.3, -0.25) is 9.59 Å². The second-order valence-corrected chi connectivity index (χ2v) is 6.10. The van der Waals surface area contributed by atoms with Crippen LogP contribution in [0.1, 0.15) is 35.0 Å². The second kappa shape index (κ2) is 11.7. The first-order valence-electron chi connectivity index (χ1n) is 9.14. The first-order chi connectivity index (χ1) is 14.6. The lowest BCUT2D eigenvalue weighted by atomic mass is 10.1. The molecule has 9 heteroatoms. The van der Waals surface area contributed by atoms with Crippen molar-refractivity contribution >= 4 is 17.8 Å². The fraction of sp³-hybridized carbons (Fsp3) is 0.286. The van der Waals surface area contributed by atoms with Crippen molar-refractivity contribution in [3.8, 4) is 12.1 Å². The van der Waals surface area contributed by atoms with Crippen LogP contribution >= 0.6 is 0 Å². The summed E-state index contributed by atoms with van der Waals surface area (Å²) in [7, 11) is 0. The summed E-state index contributed by atoms with van der Waals surface area (Å²) < 4.78 is 10.2. The Hall–Kier alpha value is -4.11. The van der Waals surface area contributed by atoms with Crippen molar-refractivity contribution in [2.24, 2.45) is 0 Å². The van der Waals surface area contributed by atoms with Gasteiger partial charge in [-0.25, -0.2) is 4.79 Å². The number of rotatable bonds is 10. The van der Waals surface area contributed by atoms with Crippen molar-refractivity contribution in [2.45, 2.75) is 18.9 Å². The van der Waals surface area contributed by atoms with Gasteiger partial charge in [0.1, 0.15) is 0 Å². The molecule has 1 atom stereocenters. The Morgan fingerprint density at radius 2 is 1.70 bits per heavy atom. The largest absolute Gasteiger partial charge is 0.459 e. The van der Waals surface area contributed by atoms with Gasteiger partial charge in [0, 0.05) is 13.1 Å². The molecule has 30 heavy (non-hydrogen) atoms. The van der Waals surface area contributed by atoms with Gasteiger partial charge >= 0.3 is 5.97 Å². The Bertz CT molecular complexity index is 911. The molecule has 1 aromatic heterocycles. The molecule has 1 aromatic carbocycles. The maximum Gasteiger partial charge on any atom is 0.333 e. The molecule has 0 saturated heterocycles. The van der Waals surface area contributed by atoms with Gasteiger partial charge in [0.05, 0.1) is 31.2 Å². The Balaban J connectivity index is 2.06. The zero-order chi connectivity index (χ0) is 21.8. The molecule has 0 fully saturated rings. The van der Waals surface area contributed by atoms with Crippen molar-refractivity contribution < 1.29 is 23.5 Å². The third-order valence-corrected chi connectivity index (χ3v) is 4.07. The third-order valence-electron chi connectivity index (χ3n) is 4.07. The molecule has 1 unspecified atom stereocenters. The number of ether oxygens (including phenoxy) is 1. The first-order valence-corrected chi connectivity index (χ1v) is 9.14. The smallest absolute Gasteiger partial charge is 0.333 e. The van der Waals surface area contributed by atoms with Gasteiger partial charge in [-0.1, -0.05) is 30.3 Å². The minimum Gasteiger partial charge on any atom is -0.459 e. The number of esters is 1. The molecule has 0 aliphatic carbocycles. The topological polar surface area (TPSA) is 136 Å². The zero-order valence-electron chi connectivity index (χ0n) is 16.1. The van der Waals surface area contributed by atoms with E-state index in [0.717, 1.165) is 0 Å². The number of carbonyl (C=O) groups excluding carboxylic acids is 3. The monoisotopic (exact) mass is 408 g/mol. The molecule has 2 rings (SSSR count). The van der Waals surface area contributed by atoms with E-state index in [1.165, 1.54) is 17.2 Å². The van der Waals surface area contributed by atoms with E-state index in [1.54, 1.807) is 36.4 Å². The molecule has 0 spiro atoms. The SMILES string of the molecule is N#CCCN(CCC#N)C(=O)COC(=O)C(NC(=O)c1ccco1)c1ccccc1. The van der Waals surface area contributed by atoms with Crippen LogP contribution in [0.4, 0.5) is 0 Å². The highest BCUT2D eigenvalue weighted by atomic mass is 16.5. The highest BCUT2D eigenvalue weighted by Gasteiger charge is 2.27. The van der Waals surface area contributed by atoms with Crippen LogP contribution in [0, 0.1) is 22.7 Å². The number of nitrogens with one attached hydrogen (secondary N) is 1. The Morgan fingerprint density at radius 3 is 2.27 bits per heavy atom. The second-order valence-electron chi connectivity index (χ2n) is 6.10. The van der Waals surface area contributed by atoms with Crippen molar-refractivity contribution in [3.63, 3.8) is 0 Å². The molecule has 9 nitrogen and oxygen atoms in total. The zero-order valence-corrected chi connectivity index (χ0v) is 16.1. The number of carbonyl (C=O) groups is 3. The standard InChI is InChI=1S/C21H20N4O5/c22-10-5-12-25(13-6-11-23)18(26)15-30-21(28)19(16-7-2-1-3-8-16)24-20(27)17-9-4-14-29-17/h1-4,7-9,14,19H,5-6,12-13,15H2,(H,24,27). The van der Waals surface area contributed by atoms with Crippen LogP contribution in [-0.2, 0) is 14.3 Å². The van der Waals surface area contributed by atoms with E-state index in [9.17, 15) is 14.4 Å². The lowest BCUT2D eigenvalue weighted by Crippen LogP contribution is -2.39. The van der Waals surface area contributed by atoms with E-state index >= 15 is 0 Å². The van der Waals surface area contributed by atoms with E-state index < -0.39 is 30.4 Å². The maximum absolute atomic E-state index is 12.7. The average Bonchev–Trinajstić information content (AvgIpc) is 3.31. The number of hydrogen-bond acceptors (Lipinski definition) is 7. The Morgan fingerprint density at radius 1 is 1.03 bits per heavy atom. The fourth-order valence-electron chi connectivity index (χ4n) is 2.57. The number of nitriles is 2. The van der Waals surface area contributed by atoms with Crippen molar-refractivity contribution in [2.75, 3.05) is 19.7 Å². The van der Waals surface area contributed by atoms with E-state index in [0.29, 0.717) is 5.56 Å². The Labute approximate surface area is 173 Å². The lowest BCUT2D eigenvalue weighted by Gasteiger charge is -2.21. The van der Waals surface area contributed by atoms with Crippen molar-refractivity contribution in [1.82, 2.24) is 10.2 Å². The summed E-state index contributed by atoms with van der Waals surface area (Å²) >= 11 is 0. The van der Waals surface area contributed by atoms with Crippen LogP contribution in [-0.4, -0.2) is 42.4 Å². The lowest BCUT2D eigenvalue weighted by molar-refractivity contribution is -0.153.